The molecule has 0 spiro atoms. The monoisotopic (exact) mass is 324 g/mol. The molecule has 0 unspecified atom stereocenters. The van der Waals surface area contributed by atoms with E-state index in [2.05, 4.69) is 26.5 Å². The standard InChI is InChI=1S/C10H9BrN6O2/c1-5-7(11)2-6(3-9(5)17(18)19)15-16-8(4-12)10(13)14/h2-3,15H,1H3,(H3,13,14)/b16-8+. The molecule has 0 atom stereocenters. The molecule has 1 rings (SSSR count). The fourth-order valence-corrected chi connectivity index (χ4v) is 1.63. The summed E-state index contributed by atoms with van der Waals surface area (Å²) in [7, 11) is 0. The molecule has 0 saturated carbocycles. The number of anilines is 1. The molecule has 0 saturated heterocycles. The molecule has 0 amide bonds. The Hall–Kier alpha value is -2.47. The Balaban J connectivity index is 3.14. The number of nitro groups is 1. The van der Waals surface area contributed by atoms with Crippen molar-refractivity contribution in [3.63, 3.8) is 0 Å². The number of hydrazone groups is 1. The minimum atomic E-state index is -0.523. The molecule has 4 N–H and O–H groups in total. The maximum atomic E-state index is 10.8. The zero-order valence-corrected chi connectivity index (χ0v) is 11.4. The molecule has 0 aliphatic heterocycles. The first-order valence-electron chi connectivity index (χ1n) is 4.89. The lowest BCUT2D eigenvalue weighted by atomic mass is 10.2. The number of halogens is 1. The zero-order chi connectivity index (χ0) is 14.6. The predicted molar refractivity (Wildman–Crippen MR) is 74.1 cm³/mol. The van der Waals surface area contributed by atoms with Crippen LogP contribution in [0.2, 0.25) is 0 Å². The summed E-state index contributed by atoms with van der Waals surface area (Å²) >= 11 is 3.19. The van der Waals surface area contributed by atoms with Crippen molar-refractivity contribution in [2.24, 2.45) is 10.8 Å². The Bertz CT molecular complexity index is 619. The number of nitriles is 1. The summed E-state index contributed by atoms with van der Waals surface area (Å²) in [6, 6.07) is 4.47. The highest BCUT2D eigenvalue weighted by Crippen LogP contribution is 2.30. The van der Waals surface area contributed by atoms with E-state index in [0.29, 0.717) is 15.7 Å². The first-order valence-corrected chi connectivity index (χ1v) is 5.68. The molecule has 0 bridgehead atoms. The third-order valence-electron chi connectivity index (χ3n) is 2.17. The number of amidine groups is 1. The van der Waals surface area contributed by atoms with Crippen molar-refractivity contribution >= 4 is 38.9 Å². The molecule has 0 radical (unpaired) electrons. The number of nitrogens with one attached hydrogen (secondary N) is 2. The van der Waals surface area contributed by atoms with Crippen LogP contribution in [0, 0.1) is 33.8 Å². The molecule has 0 fully saturated rings. The Morgan fingerprint density at radius 1 is 1.68 bits per heavy atom. The van der Waals surface area contributed by atoms with E-state index in [1.54, 1.807) is 19.1 Å². The summed E-state index contributed by atoms with van der Waals surface area (Å²) in [5.74, 6) is -0.490. The highest BCUT2D eigenvalue weighted by atomic mass is 79.9. The number of nitrogens with zero attached hydrogens (tertiary/aromatic N) is 3. The Morgan fingerprint density at radius 2 is 2.32 bits per heavy atom. The van der Waals surface area contributed by atoms with Crippen LogP contribution in [0.25, 0.3) is 0 Å². The van der Waals surface area contributed by atoms with Gasteiger partial charge in [-0.15, -0.1) is 0 Å². The minimum absolute atomic E-state index is 0.0894. The van der Waals surface area contributed by atoms with Crippen molar-refractivity contribution in [2.75, 3.05) is 5.43 Å². The Morgan fingerprint density at radius 3 is 2.79 bits per heavy atom. The molecule has 9 heteroatoms. The maximum absolute atomic E-state index is 10.8. The number of benzene rings is 1. The average molecular weight is 325 g/mol. The number of nitrogens with two attached hydrogens (primary N) is 1. The topological polar surface area (TPSA) is 141 Å². The maximum Gasteiger partial charge on any atom is 0.275 e. The van der Waals surface area contributed by atoms with E-state index < -0.39 is 10.8 Å². The van der Waals surface area contributed by atoms with Crippen LogP contribution in [0.1, 0.15) is 5.56 Å². The highest BCUT2D eigenvalue weighted by Gasteiger charge is 2.15. The van der Waals surface area contributed by atoms with E-state index in [9.17, 15) is 10.1 Å². The fraction of sp³-hybridized carbons (Fsp3) is 0.100. The van der Waals surface area contributed by atoms with Gasteiger partial charge in [-0.05, 0) is 13.0 Å². The third kappa shape index (κ3) is 3.49. The first kappa shape index (κ1) is 14.6. The number of hydrogen-bond donors (Lipinski definition) is 3. The molecule has 0 aromatic heterocycles. The van der Waals surface area contributed by atoms with Crippen LogP contribution in [0.3, 0.4) is 0 Å². The van der Waals surface area contributed by atoms with Gasteiger partial charge in [0.15, 0.2) is 5.84 Å². The van der Waals surface area contributed by atoms with E-state index in [-0.39, 0.29) is 11.4 Å². The Kier molecular flexibility index (Phi) is 4.55. The summed E-state index contributed by atoms with van der Waals surface area (Å²) < 4.78 is 0.528. The normalized spacial score (nSPS) is 10.7. The molecular formula is C10H9BrN6O2. The van der Waals surface area contributed by atoms with Gasteiger partial charge in [0.05, 0.1) is 10.6 Å². The molecule has 0 heterocycles. The van der Waals surface area contributed by atoms with Crippen LogP contribution in [0.4, 0.5) is 11.4 Å². The van der Waals surface area contributed by atoms with Gasteiger partial charge in [0, 0.05) is 16.1 Å². The van der Waals surface area contributed by atoms with Crippen molar-refractivity contribution < 1.29 is 4.92 Å². The third-order valence-corrected chi connectivity index (χ3v) is 3.00. The van der Waals surface area contributed by atoms with Crippen molar-refractivity contribution in [3.05, 3.63) is 32.3 Å². The van der Waals surface area contributed by atoms with E-state index in [0.717, 1.165) is 0 Å². The lowest BCUT2D eigenvalue weighted by molar-refractivity contribution is -0.385. The van der Waals surface area contributed by atoms with E-state index >= 15 is 0 Å². The first-order chi connectivity index (χ1) is 8.86. The second-order valence-electron chi connectivity index (χ2n) is 3.46. The van der Waals surface area contributed by atoms with Crippen LogP contribution in [-0.4, -0.2) is 16.5 Å². The lowest BCUT2D eigenvalue weighted by Crippen LogP contribution is -2.21. The molecule has 1 aromatic rings. The molecule has 0 aliphatic carbocycles. The van der Waals surface area contributed by atoms with E-state index in [1.807, 2.05) is 0 Å². The second kappa shape index (κ2) is 5.92. The number of hydrogen-bond acceptors (Lipinski definition) is 6. The average Bonchev–Trinajstić information content (AvgIpc) is 2.33. The highest BCUT2D eigenvalue weighted by molar-refractivity contribution is 9.10. The van der Waals surface area contributed by atoms with Gasteiger partial charge in [-0.25, -0.2) is 0 Å². The Labute approximate surface area is 116 Å². The van der Waals surface area contributed by atoms with Gasteiger partial charge in [0.1, 0.15) is 6.07 Å². The fourth-order valence-electron chi connectivity index (χ4n) is 1.18. The van der Waals surface area contributed by atoms with Crippen molar-refractivity contribution in [3.8, 4) is 6.07 Å². The summed E-state index contributed by atoms with van der Waals surface area (Å²) in [5.41, 5.74) is 7.95. The van der Waals surface area contributed by atoms with Crippen LogP contribution in [-0.2, 0) is 0 Å². The van der Waals surface area contributed by atoms with Gasteiger partial charge >= 0.3 is 0 Å². The summed E-state index contributed by atoms with van der Waals surface area (Å²) in [5, 5.41) is 30.2. The van der Waals surface area contributed by atoms with Crippen LogP contribution in [0.5, 0.6) is 0 Å². The van der Waals surface area contributed by atoms with Crippen LogP contribution < -0.4 is 11.2 Å². The van der Waals surface area contributed by atoms with Gasteiger partial charge in [-0.1, -0.05) is 15.9 Å². The van der Waals surface area contributed by atoms with Crippen molar-refractivity contribution in [1.29, 1.82) is 10.7 Å². The summed E-state index contributed by atoms with van der Waals surface area (Å²) in [6.07, 6.45) is 0. The van der Waals surface area contributed by atoms with Gasteiger partial charge < -0.3 is 5.73 Å². The van der Waals surface area contributed by atoms with Crippen LogP contribution in [0.15, 0.2) is 21.7 Å². The van der Waals surface area contributed by atoms with Gasteiger partial charge in [0.2, 0.25) is 5.71 Å². The van der Waals surface area contributed by atoms with Gasteiger partial charge in [-0.3, -0.25) is 20.9 Å². The largest absolute Gasteiger partial charge is 0.382 e. The quantitative estimate of drug-likeness (QED) is 0.335. The molecule has 19 heavy (non-hydrogen) atoms. The lowest BCUT2D eigenvalue weighted by Gasteiger charge is -2.05. The summed E-state index contributed by atoms with van der Waals surface area (Å²) in [4.78, 5) is 10.3. The van der Waals surface area contributed by atoms with Crippen molar-refractivity contribution in [1.82, 2.24) is 0 Å². The van der Waals surface area contributed by atoms with E-state index in [1.165, 1.54) is 6.07 Å². The molecule has 1 aromatic carbocycles. The molecule has 98 valence electrons. The van der Waals surface area contributed by atoms with Crippen molar-refractivity contribution in [2.45, 2.75) is 6.92 Å². The second-order valence-corrected chi connectivity index (χ2v) is 4.31. The predicted octanol–water partition coefficient (Wildman–Crippen LogP) is 1.89. The molecule has 8 nitrogen and oxygen atoms in total. The minimum Gasteiger partial charge on any atom is -0.382 e. The van der Waals surface area contributed by atoms with Crippen LogP contribution >= 0.6 is 15.9 Å². The summed E-state index contributed by atoms with van der Waals surface area (Å²) in [6.45, 7) is 1.60. The SMILES string of the molecule is Cc1c(Br)cc(N/N=C(\C#N)C(=N)N)cc1[N+](=O)[O-]. The van der Waals surface area contributed by atoms with E-state index in [4.69, 9.17) is 16.4 Å². The number of rotatable bonds is 4. The zero-order valence-electron chi connectivity index (χ0n) is 9.77. The number of nitro benzene ring substituents is 1. The van der Waals surface area contributed by atoms with Gasteiger partial charge in [-0.2, -0.15) is 10.4 Å². The van der Waals surface area contributed by atoms with Gasteiger partial charge in [0.25, 0.3) is 5.69 Å². The smallest absolute Gasteiger partial charge is 0.275 e. The molecule has 0 aliphatic rings. The molecular weight excluding hydrogens is 316 g/mol.